The van der Waals surface area contributed by atoms with Gasteiger partial charge in [0.05, 0.1) is 5.92 Å². The van der Waals surface area contributed by atoms with Crippen LogP contribution in [0.3, 0.4) is 0 Å². The van der Waals surface area contributed by atoms with Gasteiger partial charge in [-0.05, 0) is 49.2 Å². The van der Waals surface area contributed by atoms with Crippen LogP contribution in [0.25, 0.3) is 0 Å². The van der Waals surface area contributed by atoms with Crippen molar-refractivity contribution in [1.29, 1.82) is 0 Å². The Labute approximate surface area is 164 Å². The first-order valence-corrected chi connectivity index (χ1v) is 9.10. The second-order valence-corrected chi connectivity index (χ2v) is 6.93. The van der Waals surface area contributed by atoms with E-state index in [1.165, 1.54) is 0 Å². The van der Waals surface area contributed by atoms with Gasteiger partial charge in [-0.25, -0.2) is 0 Å². The lowest BCUT2D eigenvalue weighted by atomic mass is 9.95. The van der Waals surface area contributed by atoms with Gasteiger partial charge in [-0.1, -0.05) is 60.1 Å². The van der Waals surface area contributed by atoms with Crippen LogP contribution in [0, 0.1) is 6.92 Å². The number of hydrogen-bond acceptors (Lipinski definition) is 2. The minimum Gasteiger partial charge on any atom is -0.325 e. The molecule has 0 aliphatic heterocycles. The summed E-state index contributed by atoms with van der Waals surface area (Å²) in [4.78, 5) is 25.3. The van der Waals surface area contributed by atoms with Gasteiger partial charge in [0, 0.05) is 21.8 Å². The summed E-state index contributed by atoms with van der Waals surface area (Å²) in [6, 6.07) is 21.7. The Balaban J connectivity index is 1.79. The zero-order valence-electron chi connectivity index (χ0n) is 15.2. The maximum atomic E-state index is 12.7. The molecule has 1 N–H and O–H groups in total. The zero-order valence-corrected chi connectivity index (χ0v) is 16.0. The summed E-state index contributed by atoms with van der Waals surface area (Å²) in [7, 11) is 0. The van der Waals surface area contributed by atoms with Gasteiger partial charge in [0.1, 0.15) is 0 Å². The molecule has 0 aromatic heterocycles. The molecule has 4 heteroatoms. The molecule has 0 heterocycles. The van der Waals surface area contributed by atoms with Crippen molar-refractivity contribution in [2.24, 2.45) is 0 Å². The summed E-state index contributed by atoms with van der Waals surface area (Å²) in [6.45, 7) is 3.72. The first-order chi connectivity index (χ1) is 13.0. The van der Waals surface area contributed by atoms with Crippen LogP contribution in [-0.2, 0) is 4.79 Å². The molecule has 0 fully saturated rings. The van der Waals surface area contributed by atoms with Gasteiger partial charge in [0.15, 0.2) is 5.78 Å². The van der Waals surface area contributed by atoms with Gasteiger partial charge < -0.3 is 5.32 Å². The molecule has 0 bridgehead atoms. The first-order valence-electron chi connectivity index (χ1n) is 8.72. The molecule has 27 heavy (non-hydrogen) atoms. The molecule has 0 radical (unpaired) electrons. The molecule has 3 nitrogen and oxygen atoms in total. The molecule has 3 aromatic carbocycles. The molecule has 3 aromatic rings. The third kappa shape index (κ3) is 4.44. The summed E-state index contributed by atoms with van der Waals surface area (Å²) in [5.41, 5.74) is 3.62. The molecule has 0 saturated carbocycles. The quantitative estimate of drug-likeness (QED) is 0.586. The predicted octanol–water partition coefficient (Wildman–Crippen LogP) is 5.62. The van der Waals surface area contributed by atoms with Crippen LogP contribution < -0.4 is 5.32 Å². The van der Waals surface area contributed by atoms with Gasteiger partial charge in [-0.2, -0.15) is 0 Å². The van der Waals surface area contributed by atoms with E-state index in [4.69, 9.17) is 11.6 Å². The molecule has 0 aliphatic carbocycles. The molecule has 1 atom stereocenters. The van der Waals surface area contributed by atoms with Crippen molar-refractivity contribution in [3.05, 3.63) is 100 Å². The largest absolute Gasteiger partial charge is 0.325 e. The normalized spacial score (nSPS) is 11.7. The Morgan fingerprint density at radius 1 is 0.889 bits per heavy atom. The Kier molecular flexibility index (Phi) is 5.72. The van der Waals surface area contributed by atoms with Crippen LogP contribution in [0.2, 0.25) is 5.02 Å². The van der Waals surface area contributed by atoms with E-state index in [0.717, 1.165) is 16.8 Å². The maximum Gasteiger partial charge on any atom is 0.231 e. The molecule has 0 spiro atoms. The molecule has 0 aliphatic rings. The SMILES string of the molecule is Cc1cc(Cl)ccc1NC(=O)[C@@H](C)c1cccc(C(=O)c2ccccc2)c1. The molecule has 0 unspecified atom stereocenters. The lowest BCUT2D eigenvalue weighted by Crippen LogP contribution is -2.19. The number of rotatable bonds is 5. The highest BCUT2D eigenvalue weighted by molar-refractivity contribution is 6.30. The fourth-order valence-corrected chi connectivity index (χ4v) is 3.09. The van der Waals surface area contributed by atoms with Crippen LogP contribution in [-0.4, -0.2) is 11.7 Å². The molecular formula is C23H20ClNO2. The number of anilines is 1. The van der Waals surface area contributed by atoms with Gasteiger partial charge in [-0.3, -0.25) is 9.59 Å². The number of halogens is 1. The van der Waals surface area contributed by atoms with Gasteiger partial charge >= 0.3 is 0 Å². The van der Waals surface area contributed by atoms with Gasteiger partial charge in [0.2, 0.25) is 5.91 Å². The van der Waals surface area contributed by atoms with E-state index in [2.05, 4.69) is 5.32 Å². The van der Waals surface area contributed by atoms with Crippen molar-refractivity contribution < 1.29 is 9.59 Å². The monoisotopic (exact) mass is 377 g/mol. The predicted molar refractivity (Wildman–Crippen MR) is 110 cm³/mol. The third-order valence-electron chi connectivity index (χ3n) is 4.52. The molecule has 3 rings (SSSR count). The maximum absolute atomic E-state index is 12.7. The number of hydrogen-bond donors (Lipinski definition) is 1. The number of carbonyl (C=O) groups is 2. The smallest absolute Gasteiger partial charge is 0.231 e. The molecular weight excluding hydrogens is 358 g/mol. The summed E-state index contributed by atoms with van der Waals surface area (Å²) in [6.07, 6.45) is 0. The van der Waals surface area contributed by atoms with E-state index in [1.54, 1.807) is 42.5 Å². The highest BCUT2D eigenvalue weighted by Gasteiger charge is 2.18. The lowest BCUT2D eigenvalue weighted by molar-refractivity contribution is -0.117. The lowest BCUT2D eigenvalue weighted by Gasteiger charge is -2.15. The number of amides is 1. The number of ketones is 1. The number of carbonyl (C=O) groups excluding carboxylic acids is 2. The number of aryl methyl sites for hydroxylation is 1. The minimum atomic E-state index is -0.399. The zero-order chi connectivity index (χ0) is 19.4. The average Bonchev–Trinajstić information content (AvgIpc) is 2.69. The van der Waals surface area contributed by atoms with Crippen molar-refractivity contribution in [3.8, 4) is 0 Å². The first kappa shape index (κ1) is 18.9. The van der Waals surface area contributed by atoms with Gasteiger partial charge in [0.25, 0.3) is 0 Å². The Morgan fingerprint density at radius 2 is 1.59 bits per heavy atom. The van der Waals surface area contributed by atoms with Crippen molar-refractivity contribution in [3.63, 3.8) is 0 Å². The van der Waals surface area contributed by atoms with E-state index < -0.39 is 5.92 Å². The van der Waals surface area contributed by atoms with Crippen molar-refractivity contribution >= 4 is 29.0 Å². The van der Waals surface area contributed by atoms with Gasteiger partial charge in [-0.15, -0.1) is 0 Å². The standard InChI is InChI=1S/C23H20ClNO2/c1-15-13-20(24)11-12-21(15)25-23(27)16(2)18-9-6-10-19(14-18)22(26)17-7-4-3-5-8-17/h3-14,16H,1-2H3,(H,25,27)/t16-/m0/s1. The van der Waals surface area contributed by atoms with E-state index in [1.807, 2.05) is 44.2 Å². The Hall–Kier alpha value is -2.91. The topological polar surface area (TPSA) is 46.2 Å². The van der Waals surface area contributed by atoms with Crippen LogP contribution in [0.1, 0.15) is 39.9 Å². The average molecular weight is 378 g/mol. The fraction of sp³-hybridized carbons (Fsp3) is 0.130. The summed E-state index contributed by atoms with van der Waals surface area (Å²) < 4.78 is 0. The van der Waals surface area contributed by atoms with E-state index in [-0.39, 0.29) is 11.7 Å². The fourth-order valence-electron chi connectivity index (χ4n) is 2.87. The minimum absolute atomic E-state index is 0.0568. The highest BCUT2D eigenvalue weighted by Crippen LogP contribution is 2.23. The summed E-state index contributed by atoms with van der Waals surface area (Å²) >= 11 is 5.96. The third-order valence-corrected chi connectivity index (χ3v) is 4.76. The molecule has 0 saturated heterocycles. The van der Waals surface area contributed by atoms with Crippen LogP contribution >= 0.6 is 11.6 Å². The van der Waals surface area contributed by atoms with E-state index in [9.17, 15) is 9.59 Å². The number of benzene rings is 3. The molecule has 1 amide bonds. The summed E-state index contributed by atoms with van der Waals surface area (Å²) in [5.74, 6) is -0.591. The van der Waals surface area contributed by atoms with Crippen LogP contribution in [0.4, 0.5) is 5.69 Å². The van der Waals surface area contributed by atoms with Crippen LogP contribution in [0.15, 0.2) is 72.8 Å². The van der Waals surface area contributed by atoms with E-state index in [0.29, 0.717) is 16.1 Å². The van der Waals surface area contributed by atoms with Crippen molar-refractivity contribution in [2.75, 3.05) is 5.32 Å². The van der Waals surface area contributed by atoms with Crippen molar-refractivity contribution in [1.82, 2.24) is 0 Å². The summed E-state index contributed by atoms with van der Waals surface area (Å²) in [5, 5.41) is 3.56. The Morgan fingerprint density at radius 3 is 2.30 bits per heavy atom. The Bertz CT molecular complexity index is 983. The second-order valence-electron chi connectivity index (χ2n) is 6.49. The second kappa shape index (κ2) is 8.19. The van der Waals surface area contributed by atoms with E-state index >= 15 is 0 Å². The highest BCUT2D eigenvalue weighted by atomic mass is 35.5. The number of nitrogens with one attached hydrogen (secondary N) is 1. The molecule has 136 valence electrons. The van der Waals surface area contributed by atoms with Crippen molar-refractivity contribution in [2.45, 2.75) is 19.8 Å². The van der Waals surface area contributed by atoms with Crippen LogP contribution in [0.5, 0.6) is 0 Å².